The number of nitrogens with zero attached hydrogens (tertiary/aromatic N) is 1. The predicted molar refractivity (Wildman–Crippen MR) is 127 cm³/mol. The first-order valence-corrected chi connectivity index (χ1v) is 11.3. The zero-order valence-corrected chi connectivity index (χ0v) is 18.8. The van der Waals surface area contributed by atoms with Gasteiger partial charge in [0.1, 0.15) is 12.2 Å². The summed E-state index contributed by atoms with van der Waals surface area (Å²) in [5, 5.41) is 14.7. The van der Waals surface area contributed by atoms with Gasteiger partial charge < -0.3 is 21.0 Å². The molecule has 5 rings (SSSR count). The Morgan fingerprint density at radius 3 is 2.09 bits per heavy atom. The average Bonchev–Trinajstić information content (AvgIpc) is 3.42. The fourth-order valence-electron chi connectivity index (χ4n) is 4.92. The van der Waals surface area contributed by atoms with Crippen molar-refractivity contribution in [2.75, 3.05) is 0 Å². The molecule has 2 heterocycles. The second-order valence-corrected chi connectivity index (χ2v) is 8.56. The number of carbonyl (C=O) groups excluding carboxylic acids is 1. The van der Waals surface area contributed by atoms with E-state index < -0.39 is 0 Å². The van der Waals surface area contributed by atoms with Gasteiger partial charge in [-0.2, -0.15) is 0 Å². The number of ether oxygens (including phenoxy) is 1. The van der Waals surface area contributed by atoms with Crippen molar-refractivity contribution in [1.82, 2.24) is 5.32 Å². The number of aryl methyl sites for hydroxylation is 2. The van der Waals surface area contributed by atoms with Gasteiger partial charge in [-0.15, -0.1) is 0 Å². The number of nitrogens with one attached hydrogen (secondary N) is 1. The molecular formula is C27H27N3O3. The Morgan fingerprint density at radius 2 is 1.48 bits per heavy atom. The molecule has 0 radical (unpaired) electrons. The number of hydrogen-bond acceptors (Lipinski definition) is 4. The number of rotatable bonds is 6. The smallest absolute Gasteiger partial charge is 0.251 e. The van der Waals surface area contributed by atoms with Crippen LogP contribution in [-0.2, 0) is 24.1 Å². The van der Waals surface area contributed by atoms with E-state index in [2.05, 4.69) is 36.5 Å². The Balaban J connectivity index is 1.33. The van der Waals surface area contributed by atoms with E-state index in [1.165, 1.54) is 22.3 Å². The van der Waals surface area contributed by atoms with E-state index in [4.69, 9.17) is 15.7 Å². The maximum Gasteiger partial charge on any atom is 0.251 e. The summed E-state index contributed by atoms with van der Waals surface area (Å²) in [4.78, 5) is 12.9. The lowest BCUT2D eigenvalue weighted by Crippen LogP contribution is -2.23. The molecule has 0 saturated carbocycles. The normalized spacial score (nSPS) is 18.2. The summed E-state index contributed by atoms with van der Waals surface area (Å²) >= 11 is 0. The van der Waals surface area contributed by atoms with E-state index in [1.54, 1.807) is 12.1 Å². The second kappa shape index (κ2) is 8.37. The van der Waals surface area contributed by atoms with Crippen LogP contribution in [0.1, 0.15) is 80.9 Å². The molecule has 33 heavy (non-hydrogen) atoms. The molecule has 2 aliphatic heterocycles. The van der Waals surface area contributed by atoms with Crippen LogP contribution in [0, 0.1) is 0 Å². The first-order valence-electron chi connectivity index (χ1n) is 11.3. The number of nitrogens with two attached hydrogens (primary N) is 1. The summed E-state index contributed by atoms with van der Waals surface area (Å²) < 4.78 is 6.35. The number of amidine groups is 1. The van der Waals surface area contributed by atoms with Crippen LogP contribution >= 0.6 is 0 Å². The third kappa shape index (κ3) is 3.56. The molecule has 0 saturated heterocycles. The third-order valence-corrected chi connectivity index (χ3v) is 6.73. The van der Waals surface area contributed by atoms with E-state index in [9.17, 15) is 4.79 Å². The highest BCUT2D eigenvalue weighted by Gasteiger charge is 2.43. The number of amides is 1. The van der Waals surface area contributed by atoms with Gasteiger partial charge in [-0.1, -0.05) is 61.5 Å². The quantitative estimate of drug-likeness (QED) is 0.229. The molecule has 0 aromatic heterocycles. The summed E-state index contributed by atoms with van der Waals surface area (Å²) in [6.45, 7) is 4.77. The van der Waals surface area contributed by atoms with Gasteiger partial charge in [-0.05, 0) is 63.9 Å². The van der Waals surface area contributed by atoms with Gasteiger partial charge in [0.2, 0.25) is 0 Å². The Bertz CT molecular complexity index is 1260. The molecule has 1 amide bonds. The van der Waals surface area contributed by atoms with Crippen molar-refractivity contribution < 1.29 is 14.7 Å². The lowest BCUT2D eigenvalue weighted by molar-refractivity contribution is 0.0857. The number of benzene rings is 3. The number of carbonyl (C=O) groups is 1. The first kappa shape index (κ1) is 21.2. The Hall–Kier alpha value is -3.64. The van der Waals surface area contributed by atoms with E-state index in [0.29, 0.717) is 17.7 Å². The summed E-state index contributed by atoms with van der Waals surface area (Å²) in [6, 6.07) is 17.7. The van der Waals surface area contributed by atoms with Gasteiger partial charge >= 0.3 is 0 Å². The molecule has 3 aromatic rings. The molecule has 0 aliphatic carbocycles. The van der Waals surface area contributed by atoms with E-state index >= 15 is 0 Å². The van der Waals surface area contributed by atoms with Crippen LogP contribution in [0.5, 0.6) is 0 Å². The SMILES string of the molecule is CCc1cc2c(cc1CC)[C@H]1O[C@@H]2c2cc(C(=O)NCc3ccc(C(N)=NO)cc3)ccc21. The fraction of sp³-hybridized carbons (Fsp3) is 0.259. The van der Waals surface area contributed by atoms with Gasteiger partial charge in [-0.3, -0.25) is 4.79 Å². The first-order chi connectivity index (χ1) is 16.0. The van der Waals surface area contributed by atoms with E-state index in [1.807, 2.05) is 30.3 Å². The van der Waals surface area contributed by atoms with Crippen molar-refractivity contribution in [3.05, 3.63) is 105 Å². The van der Waals surface area contributed by atoms with Crippen LogP contribution < -0.4 is 11.1 Å². The number of hydrogen-bond donors (Lipinski definition) is 3. The topological polar surface area (TPSA) is 96.9 Å². The summed E-state index contributed by atoms with van der Waals surface area (Å²) in [5.74, 6) is -0.0734. The largest absolute Gasteiger partial charge is 0.409 e. The van der Waals surface area contributed by atoms with E-state index in [0.717, 1.165) is 29.5 Å². The van der Waals surface area contributed by atoms with Crippen molar-refractivity contribution in [3.8, 4) is 0 Å². The standard InChI is InChI=1S/C27H27N3O3/c1-3-16-11-22-23(12-17(16)4-2)25-21-13-19(9-10-20(21)24(22)33-25)27(31)29-14-15-5-7-18(8-6-15)26(28)30-32/h5-13,24-25,32H,3-4,14H2,1-2H3,(H2,28,30)(H,29,31)/t24-,25+/m0/s1. The minimum absolute atomic E-state index is 0.0401. The molecule has 6 nitrogen and oxygen atoms in total. The minimum atomic E-state index is -0.128. The maximum atomic E-state index is 12.9. The highest BCUT2D eigenvalue weighted by molar-refractivity contribution is 5.97. The highest BCUT2D eigenvalue weighted by atomic mass is 16.5. The van der Waals surface area contributed by atoms with Crippen LogP contribution in [0.2, 0.25) is 0 Å². The number of fused-ring (bicyclic) bond motifs is 8. The molecule has 4 N–H and O–H groups in total. The summed E-state index contributed by atoms with van der Waals surface area (Å²) in [7, 11) is 0. The third-order valence-electron chi connectivity index (χ3n) is 6.73. The maximum absolute atomic E-state index is 12.9. The van der Waals surface area contributed by atoms with Crippen molar-refractivity contribution in [2.45, 2.75) is 45.4 Å². The Kier molecular flexibility index (Phi) is 5.38. The average molecular weight is 442 g/mol. The molecule has 0 spiro atoms. The fourth-order valence-corrected chi connectivity index (χ4v) is 4.92. The van der Waals surface area contributed by atoms with Gasteiger partial charge in [0, 0.05) is 17.7 Å². The summed E-state index contributed by atoms with van der Waals surface area (Å²) in [6.07, 6.45) is 1.88. The second-order valence-electron chi connectivity index (χ2n) is 8.56. The molecule has 0 unspecified atom stereocenters. The molecule has 2 aliphatic rings. The molecule has 168 valence electrons. The van der Waals surface area contributed by atoms with Gasteiger partial charge in [0.15, 0.2) is 5.84 Å². The summed E-state index contributed by atoms with van der Waals surface area (Å²) in [5.41, 5.74) is 15.3. The van der Waals surface area contributed by atoms with Gasteiger partial charge in [-0.25, -0.2) is 0 Å². The van der Waals surface area contributed by atoms with Crippen LogP contribution in [0.25, 0.3) is 0 Å². The molecule has 2 atom stereocenters. The molecular weight excluding hydrogens is 414 g/mol. The van der Waals surface area contributed by atoms with Gasteiger partial charge in [0.25, 0.3) is 5.91 Å². The van der Waals surface area contributed by atoms with Crippen molar-refractivity contribution in [1.29, 1.82) is 0 Å². The van der Waals surface area contributed by atoms with Crippen LogP contribution in [0.15, 0.2) is 59.8 Å². The molecule has 6 heteroatoms. The van der Waals surface area contributed by atoms with Crippen molar-refractivity contribution in [3.63, 3.8) is 0 Å². The zero-order chi connectivity index (χ0) is 23.1. The van der Waals surface area contributed by atoms with Crippen LogP contribution in [0.3, 0.4) is 0 Å². The highest BCUT2D eigenvalue weighted by Crippen LogP contribution is 2.54. The Labute approximate surface area is 193 Å². The lowest BCUT2D eigenvalue weighted by Gasteiger charge is -2.19. The van der Waals surface area contributed by atoms with Crippen LogP contribution in [-0.4, -0.2) is 17.0 Å². The van der Waals surface area contributed by atoms with Crippen molar-refractivity contribution >= 4 is 11.7 Å². The molecule has 0 fully saturated rings. The number of oxime groups is 1. The minimum Gasteiger partial charge on any atom is -0.409 e. The van der Waals surface area contributed by atoms with Crippen LogP contribution in [0.4, 0.5) is 0 Å². The van der Waals surface area contributed by atoms with Gasteiger partial charge in [0.05, 0.1) is 0 Å². The van der Waals surface area contributed by atoms with E-state index in [-0.39, 0.29) is 24.0 Å². The van der Waals surface area contributed by atoms with Crippen molar-refractivity contribution in [2.24, 2.45) is 10.9 Å². The zero-order valence-electron chi connectivity index (χ0n) is 18.8. The molecule has 3 aromatic carbocycles. The molecule has 2 bridgehead atoms. The Morgan fingerprint density at radius 1 is 0.909 bits per heavy atom. The lowest BCUT2D eigenvalue weighted by atomic mass is 9.82. The monoisotopic (exact) mass is 441 g/mol. The predicted octanol–water partition coefficient (Wildman–Crippen LogP) is 4.36.